The molecule has 6 aromatic rings. The highest BCUT2D eigenvalue weighted by Gasteiger charge is 2.25. The predicted molar refractivity (Wildman–Crippen MR) is 163 cm³/mol. The summed E-state index contributed by atoms with van der Waals surface area (Å²) in [6, 6.07) is 22.2. The van der Waals surface area contributed by atoms with Gasteiger partial charge in [-0.15, -0.1) is 0 Å². The molecule has 11 heteroatoms. The van der Waals surface area contributed by atoms with Gasteiger partial charge in [-0.1, -0.05) is 41.4 Å². The molecule has 0 radical (unpaired) electrons. The number of non-ortho nitro benzene ring substituents is 1. The molecule has 4 aromatic carbocycles. The van der Waals surface area contributed by atoms with Gasteiger partial charge in [0.1, 0.15) is 0 Å². The number of benzene rings is 4. The van der Waals surface area contributed by atoms with E-state index in [0.717, 1.165) is 44.6 Å². The molecule has 206 valence electrons. The van der Waals surface area contributed by atoms with Crippen molar-refractivity contribution >= 4 is 66.4 Å². The van der Waals surface area contributed by atoms with Crippen molar-refractivity contribution in [2.24, 2.45) is 0 Å². The van der Waals surface area contributed by atoms with E-state index in [1.165, 1.54) is 12.1 Å². The van der Waals surface area contributed by atoms with E-state index in [9.17, 15) is 18.5 Å². The predicted octanol–water partition coefficient (Wildman–Crippen LogP) is 8.15. The molecule has 0 amide bonds. The van der Waals surface area contributed by atoms with Crippen molar-refractivity contribution in [2.75, 3.05) is 4.72 Å². The summed E-state index contributed by atoms with van der Waals surface area (Å²) in [5.41, 5.74) is 5.17. The summed E-state index contributed by atoms with van der Waals surface area (Å²) < 4.78 is 28.9. The molecule has 0 fully saturated rings. The zero-order valence-corrected chi connectivity index (χ0v) is 23.8. The van der Waals surface area contributed by atoms with E-state index in [4.69, 9.17) is 23.2 Å². The molecule has 6 rings (SSSR count). The second-order valence-electron chi connectivity index (χ2n) is 9.74. The number of nitro benzene ring substituents is 1. The first-order valence-electron chi connectivity index (χ1n) is 12.5. The highest BCUT2D eigenvalue weighted by atomic mass is 35.5. The summed E-state index contributed by atoms with van der Waals surface area (Å²) >= 11 is 12.7. The Hall–Kier alpha value is -4.31. The van der Waals surface area contributed by atoms with Crippen LogP contribution in [0.15, 0.2) is 96.2 Å². The topological polar surface area (TPSA) is 121 Å². The largest absolute Gasteiger partial charge is 0.361 e. The number of nitrogens with zero attached hydrogens (tertiary/aromatic N) is 1. The first-order chi connectivity index (χ1) is 19.6. The van der Waals surface area contributed by atoms with Crippen LogP contribution in [0.25, 0.3) is 21.8 Å². The fourth-order valence-corrected chi connectivity index (χ4v) is 6.85. The van der Waals surface area contributed by atoms with Crippen LogP contribution in [-0.2, 0) is 10.0 Å². The van der Waals surface area contributed by atoms with E-state index in [2.05, 4.69) is 14.7 Å². The van der Waals surface area contributed by atoms with E-state index >= 15 is 0 Å². The number of halogens is 2. The number of fused-ring (bicyclic) bond motifs is 2. The third kappa shape index (κ3) is 5.04. The van der Waals surface area contributed by atoms with Crippen molar-refractivity contribution < 1.29 is 13.3 Å². The van der Waals surface area contributed by atoms with Crippen LogP contribution in [0.3, 0.4) is 0 Å². The standard InChI is InChI=1S/C30H22Cl2N4O4S/c1-17-2-9-22(36(37)38)14-29(17)41(39,40)35-21-7-3-18(4-8-21)30(25-15-33-27-10-5-19(31)12-23(25)27)26-16-34-28-11-6-20(32)13-24(26)28/h2-16,30,33-35H,1H3. The van der Waals surface area contributed by atoms with E-state index in [1.807, 2.05) is 60.9 Å². The van der Waals surface area contributed by atoms with Gasteiger partial charge in [0, 0.05) is 68.0 Å². The minimum Gasteiger partial charge on any atom is -0.361 e. The number of anilines is 1. The normalized spacial score (nSPS) is 11.9. The summed E-state index contributed by atoms with van der Waals surface area (Å²) in [6.45, 7) is 1.59. The Bertz CT molecular complexity index is 1990. The van der Waals surface area contributed by atoms with Gasteiger partial charge >= 0.3 is 0 Å². The summed E-state index contributed by atoms with van der Waals surface area (Å²) in [5.74, 6) is -0.251. The Morgan fingerprint density at radius 1 is 0.805 bits per heavy atom. The zero-order valence-electron chi connectivity index (χ0n) is 21.5. The maximum Gasteiger partial charge on any atom is 0.270 e. The lowest BCUT2D eigenvalue weighted by Gasteiger charge is -2.18. The number of sulfonamides is 1. The lowest BCUT2D eigenvalue weighted by molar-refractivity contribution is -0.385. The van der Waals surface area contributed by atoms with Crippen molar-refractivity contribution in [1.29, 1.82) is 0 Å². The van der Waals surface area contributed by atoms with E-state index in [1.54, 1.807) is 19.1 Å². The molecule has 0 aliphatic carbocycles. The Kier molecular flexibility index (Phi) is 6.73. The van der Waals surface area contributed by atoms with Crippen LogP contribution in [0.2, 0.25) is 10.0 Å². The van der Waals surface area contributed by atoms with Gasteiger partial charge in [-0.25, -0.2) is 8.42 Å². The van der Waals surface area contributed by atoms with Gasteiger partial charge in [0.15, 0.2) is 0 Å². The van der Waals surface area contributed by atoms with E-state index < -0.39 is 14.9 Å². The third-order valence-electron chi connectivity index (χ3n) is 7.14. The monoisotopic (exact) mass is 604 g/mol. The molecule has 0 saturated heterocycles. The van der Waals surface area contributed by atoms with Gasteiger partial charge in [0.2, 0.25) is 0 Å². The second kappa shape index (κ2) is 10.3. The zero-order chi connectivity index (χ0) is 28.9. The van der Waals surface area contributed by atoms with Gasteiger partial charge in [-0.3, -0.25) is 14.8 Å². The molecule has 0 atom stereocenters. The molecule has 0 aliphatic rings. The van der Waals surface area contributed by atoms with Gasteiger partial charge in [-0.2, -0.15) is 0 Å². The second-order valence-corrected chi connectivity index (χ2v) is 12.3. The van der Waals surface area contributed by atoms with Crippen molar-refractivity contribution in [1.82, 2.24) is 9.97 Å². The molecule has 0 saturated carbocycles. The Morgan fingerprint density at radius 2 is 1.37 bits per heavy atom. The number of rotatable bonds is 7. The summed E-state index contributed by atoms with van der Waals surface area (Å²) in [7, 11) is -4.08. The lowest BCUT2D eigenvalue weighted by atomic mass is 9.84. The van der Waals surface area contributed by atoms with Gasteiger partial charge in [-0.05, 0) is 77.7 Å². The molecule has 3 N–H and O–H groups in total. The van der Waals surface area contributed by atoms with E-state index in [0.29, 0.717) is 21.3 Å². The smallest absolute Gasteiger partial charge is 0.270 e. The molecule has 0 spiro atoms. The molecular weight excluding hydrogens is 583 g/mol. The molecule has 0 aliphatic heterocycles. The average Bonchev–Trinajstić information content (AvgIpc) is 3.54. The Morgan fingerprint density at radius 3 is 1.90 bits per heavy atom. The van der Waals surface area contributed by atoms with Crippen molar-refractivity contribution in [3.05, 3.63) is 134 Å². The van der Waals surface area contributed by atoms with Crippen molar-refractivity contribution in [3.8, 4) is 0 Å². The molecule has 0 bridgehead atoms. The first kappa shape index (κ1) is 26.9. The number of nitro groups is 1. The number of aromatic amines is 2. The van der Waals surface area contributed by atoms with Gasteiger partial charge in [0.05, 0.1) is 9.82 Å². The number of nitrogens with one attached hydrogen (secondary N) is 3. The molecular formula is C30H22Cl2N4O4S. The average molecular weight is 606 g/mol. The minimum absolute atomic E-state index is 0.153. The minimum atomic E-state index is -4.08. The Balaban J connectivity index is 1.43. The van der Waals surface area contributed by atoms with Crippen LogP contribution >= 0.6 is 23.2 Å². The third-order valence-corrected chi connectivity index (χ3v) is 9.14. The maximum atomic E-state index is 13.2. The van der Waals surface area contributed by atoms with Crippen LogP contribution < -0.4 is 4.72 Å². The molecule has 2 heterocycles. The van der Waals surface area contributed by atoms with Crippen molar-refractivity contribution in [3.63, 3.8) is 0 Å². The van der Waals surface area contributed by atoms with Gasteiger partial charge < -0.3 is 9.97 Å². The fourth-order valence-electron chi connectivity index (χ4n) is 5.18. The summed E-state index contributed by atoms with van der Waals surface area (Å²) in [5, 5.41) is 14.4. The van der Waals surface area contributed by atoms with Crippen LogP contribution in [0.1, 0.15) is 28.2 Å². The molecule has 8 nitrogen and oxygen atoms in total. The van der Waals surface area contributed by atoms with Crippen LogP contribution in [0, 0.1) is 17.0 Å². The number of hydrogen-bond donors (Lipinski definition) is 3. The first-order valence-corrected chi connectivity index (χ1v) is 14.8. The van der Waals surface area contributed by atoms with Crippen LogP contribution in [0.4, 0.5) is 11.4 Å². The number of aromatic nitrogens is 2. The quantitative estimate of drug-likeness (QED) is 0.126. The number of aryl methyl sites for hydroxylation is 1. The maximum absolute atomic E-state index is 13.2. The number of H-pyrrole nitrogens is 2. The highest BCUT2D eigenvalue weighted by molar-refractivity contribution is 7.92. The molecule has 41 heavy (non-hydrogen) atoms. The SMILES string of the molecule is Cc1ccc([N+](=O)[O-])cc1S(=O)(=O)Nc1ccc(C(c2c[nH]c3ccc(Cl)cc23)c2c[nH]c3ccc(Cl)cc23)cc1. The molecule has 2 aromatic heterocycles. The van der Waals surface area contributed by atoms with Crippen LogP contribution in [-0.4, -0.2) is 23.3 Å². The lowest BCUT2D eigenvalue weighted by Crippen LogP contribution is -2.14. The Labute approximate surface area is 245 Å². The van der Waals surface area contributed by atoms with Crippen molar-refractivity contribution in [2.45, 2.75) is 17.7 Å². The highest BCUT2D eigenvalue weighted by Crippen LogP contribution is 2.41. The molecule has 0 unspecified atom stereocenters. The summed E-state index contributed by atoms with van der Waals surface area (Å²) in [4.78, 5) is 17.1. The number of hydrogen-bond acceptors (Lipinski definition) is 4. The summed E-state index contributed by atoms with van der Waals surface area (Å²) in [6.07, 6.45) is 3.91. The fraction of sp³-hybridized carbons (Fsp3) is 0.0667. The van der Waals surface area contributed by atoms with E-state index in [-0.39, 0.29) is 16.5 Å². The van der Waals surface area contributed by atoms with Crippen LogP contribution in [0.5, 0.6) is 0 Å². The van der Waals surface area contributed by atoms with Gasteiger partial charge in [0.25, 0.3) is 15.7 Å².